The second-order valence-corrected chi connectivity index (χ2v) is 10.1. The Morgan fingerprint density at radius 1 is 1.05 bits per heavy atom. The number of rotatable bonds is 9. The number of methoxy groups -OCH3 is 1. The average Bonchev–Trinajstić information content (AvgIpc) is 3.37. The third kappa shape index (κ3) is 6.72. The van der Waals surface area contributed by atoms with Crippen molar-refractivity contribution in [1.29, 1.82) is 0 Å². The maximum atomic E-state index is 12.8. The summed E-state index contributed by atoms with van der Waals surface area (Å²) in [6, 6.07) is 20.2. The first kappa shape index (κ1) is 25.9. The number of benzene rings is 3. The van der Waals surface area contributed by atoms with E-state index in [1.807, 2.05) is 12.1 Å². The molecule has 2 N–H and O–H groups in total. The van der Waals surface area contributed by atoms with Crippen molar-refractivity contribution in [3.8, 4) is 17.0 Å². The molecule has 4 rings (SSSR count). The van der Waals surface area contributed by atoms with Crippen molar-refractivity contribution in [3.63, 3.8) is 0 Å². The van der Waals surface area contributed by atoms with Crippen molar-refractivity contribution < 1.29 is 19.2 Å². The molecule has 188 valence electrons. The summed E-state index contributed by atoms with van der Waals surface area (Å²) in [4.78, 5) is 41.1. The van der Waals surface area contributed by atoms with Gasteiger partial charge >= 0.3 is 0 Å². The van der Waals surface area contributed by atoms with Gasteiger partial charge in [-0.1, -0.05) is 18.2 Å². The quantitative estimate of drug-likeness (QED) is 0.151. The Balaban J connectivity index is 1.36. The fraction of sp³-hybridized carbons (Fsp3) is 0.115. The number of nitrogens with zero attached hydrogens (tertiary/aromatic N) is 2. The van der Waals surface area contributed by atoms with Crippen molar-refractivity contribution in [2.75, 3.05) is 17.7 Å². The van der Waals surface area contributed by atoms with Gasteiger partial charge in [0, 0.05) is 39.2 Å². The highest BCUT2D eigenvalue weighted by atomic mass is 32.2. The molecule has 0 fully saturated rings. The predicted octanol–water partition coefficient (Wildman–Crippen LogP) is 6.10. The van der Waals surface area contributed by atoms with Gasteiger partial charge in [-0.05, 0) is 49.4 Å². The number of amides is 2. The van der Waals surface area contributed by atoms with Gasteiger partial charge in [0.05, 0.1) is 23.0 Å². The van der Waals surface area contributed by atoms with Crippen molar-refractivity contribution in [1.82, 2.24) is 4.98 Å². The van der Waals surface area contributed by atoms with Gasteiger partial charge in [-0.3, -0.25) is 19.7 Å². The van der Waals surface area contributed by atoms with E-state index in [-0.39, 0.29) is 17.5 Å². The van der Waals surface area contributed by atoms with Crippen LogP contribution in [0.1, 0.15) is 17.3 Å². The molecule has 3 aromatic carbocycles. The Morgan fingerprint density at radius 3 is 2.54 bits per heavy atom. The number of thioether (sulfide) groups is 1. The van der Waals surface area contributed by atoms with Crippen LogP contribution in [0.3, 0.4) is 0 Å². The summed E-state index contributed by atoms with van der Waals surface area (Å²) >= 11 is 2.59. The number of anilines is 2. The molecule has 0 saturated heterocycles. The summed E-state index contributed by atoms with van der Waals surface area (Å²) in [7, 11) is 1.56. The normalized spacial score (nSPS) is 11.4. The molecular formula is C26H22N4O5S2. The third-order valence-electron chi connectivity index (χ3n) is 5.21. The molecule has 0 radical (unpaired) electrons. The number of nitro groups is 1. The fourth-order valence-electron chi connectivity index (χ4n) is 3.30. The second kappa shape index (κ2) is 11.7. The topological polar surface area (TPSA) is 123 Å². The van der Waals surface area contributed by atoms with Crippen LogP contribution in [0.25, 0.3) is 11.3 Å². The van der Waals surface area contributed by atoms with Crippen molar-refractivity contribution >= 4 is 51.4 Å². The van der Waals surface area contributed by atoms with E-state index in [0.717, 1.165) is 4.90 Å². The molecule has 0 aliphatic heterocycles. The molecule has 1 heterocycles. The average molecular weight is 535 g/mol. The summed E-state index contributed by atoms with van der Waals surface area (Å²) in [5, 5.41) is 18.4. The van der Waals surface area contributed by atoms with E-state index in [0.29, 0.717) is 33.4 Å². The van der Waals surface area contributed by atoms with E-state index in [9.17, 15) is 19.7 Å². The molecule has 4 aromatic rings. The molecule has 0 aliphatic rings. The zero-order valence-electron chi connectivity index (χ0n) is 19.8. The lowest BCUT2D eigenvalue weighted by Gasteiger charge is -2.12. The standard InChI is InChI=1S/C26H22N4O5S2/c1-16(24(31)29-26-28-23(15-36-26)18-5-3-7-20(13-18)30(33)34)37-22-8-4-6-19(14-22)27-25(32)17-9-11-21(35-2)12-10-17/h3-16H,1-2H3,(H,27,32)(H,28,29,31). The summed E-state index contributed by atoms with van der Waals surface area (Å²) in [5.74, 6) is 0.178. The Labute approximate surface area is 221 Å². The SMILES string of the molecule is COc1ccc(C(=O)Nc2cccc(SC(C)C(=O)Nc3nc(-c4cccc([N+](=O)[O-])c4)cs3)c2)cc1. The summed E-state index contributed by atoms with van der Waals surface area (Å²) < 4.78 is 5.12. The van der Waals surface area contributed by atoms with Crippen molar-refractivity contribution in [2.45, 2.75) is 17.1 Å². The number of carbonyl (C=O) groups excluding carboxylic acids is 2. The van der Waals surface area contributed by atoms with Gasteiger partial charge in [0.15, 0.2) is 5.13 Å². The molecule has 37 heavy (non-hydrogen) atoms. The lowest BCUT2D eigenvalue weighted by Crippen LogP contribution is -2.22. The number of non-ortho nitro benzene ring substituents is 1. The van der Waals surface area contributed by atoms with Gasteiger partial charge in [0.25, 0.3) is 11.6 Å². The number of thiazole rings is 1. The maximum absolute atomic E-state index is 12.8. The Bertz CT molecular complexity index is 1440. The largest absolute Gasteiger partial charge is 0.497 e. The van der Waals surface area contributed by atoms with E-state index in [1.54, 1.807) is 67.9 Å². The number of aromatic nitrogens is 1. The van der Waals surface area contributed by atoms with Crippen LogP contribution in [-0.4, -0.2) is 34.1 Å². The van der Waals surface area contributed by atoms with Crippen LogP contribution in [0.4, 0.5) is 16.5 Å². The number of hydrogen-bond acceptors (Lipinski definition) is 8. The van der Waals surface area contributed by atoms with Gasteiger partial charge in [-0.2, -0.15) is 0 Å². The van der Waals surface area contributed by atoms with Crippen molar-refractivity contribution in [2.24, 2.45) is 0 Å². The Hall–Kier alpha value is -4.22. The van der Waals surface area contributed by atoms with Crippen LogP contribution in [-0.2, 0) is 4.79 Å². The van der Waals surface area contributed by atoms with Gasteiger partial charge in [-0.15, -0.1) is 23.1 Å². The predicted molar refractivity (Wildman–Crippen MR) is 146 cm³/mol. The van der Waals surface area contributed by atoms with Crippen LogP contribution < -0.4 is 15.4 Å². The molecule has 9 nitrogen and oxygen atoms in total. The minimum Gasteiger partial charge on any atom is -0.497 e. The first-order valence-corrected chi connectivity index (χ1v) is 12.8. The summed E-state index contributed by atoms with van der Waals surface area (Å²) in [6.07, 6.45) is 0. The molecule has 0 saturated carbocycles. The number of ether oxygens (including phenoxy) is 1. The molecule has 0 bridgehead atoms. The third-order valence-corrected chi connectivity index (χ3v) is 7.06. The molecule has 2 amide bonds. The number of hydrogen-bond donors (Lipinski definition) is 2. The molecule has 0 aliphatic carbocycles. The van der Waals surface area contributed by atoms with Crippen LogP contribution >= 0.6 is 23.1 Å². The lowest BCUT2D eigenvalue weighted by molar-refractivity contribution is -0.384. The minimum atomic E-state index is -0.461. The van der Waals surface area contributed by atoms with Crippen LogP contribution in [0.5, 0.6) is 5.75 Å². The van der Waals surface area contributed by atoms with Crippen molar-refractivity contribution in [3.05, 3.63) is 93.9 Å². The van der Waals surface area contributed by atoms with Gasteiger partial charge in [0.2, 0.25) is 5.91 Å². The van der Waals surface area contributed by atoms with Gasteiger partial charge in [-0.25, -0.2) is 4.98 Å². The highest BCUT2D eigenvalue weighted by molar-refractivity contribution is 8.00. The zero-order valence-corrected chi connectivity index (χ0v) is 21.5. The first-order valence-electron chi connectivity index (χ1n) is 11.1. The Kier molecular flexibility index (Phi) is 8.16. The second-order valence-electron chi connectivity index (χ2n) is 7.81. The van der Waals surface area contributed by atoms with E-state index in [2.05, 4.69) is 15.6 Å². The number of nitro benzene ring substituents is 1. The summed E-state index contributed by atoms with van der Waals surface area (Å²) in [6.45, 7) is 1.78. The summed E-state index contributed by atoms with van der Waals surface area (Å²) in [5.41, 5.74) is 2.23. The Morgan fingerprint density at radius 2 is 1.81 bits per heavy atom. The first-order chi connectivity index (χ1) is 17.8. The van der Waals surface area contributed by atoms with E-state index in [1.165, 1.54) is 35.2 Å². The van der Waals surface area contributed by atoms with Crippen LogP contribution in [0, 0.1) is 10.1 Å². The zero-order chi connectivity index (χ0) is 26.4. The smallest absolute Gasteiger partial charge is 0.270 e. The molecule has 1 atom stereocenters. The lowest BCUT2D eigenvalue weighted by atomic mass is 10.1. The number of carbonyl (C=O) groups is 2. The van der Waals surface area contributed by atoms with Crippen LogP contribution in [0.15, 0.2) is 83.1 Å². The van der Waals surface area contributed by atoms with E-state index >= 15 is 0 Å². The molecule has 0 spiro atoms. The highest BCUT2D eigenvalue weighted by Crippen LogP contribution is 2.30. The van der Waals surface area contributed by atoms with Crippen LogP contribution in [0.2, 0.25) is 0 Å². The minimum absolute atomic E-state index is 0.0245. The highest BCUT2D eigenvalue weighted by Gasteiger charge is 2.17. The molecular weight excluding hydrogens is 512 g/mol. The molecule has 11 heteroatoms. The van der Waals surface area contributed by atoms with E-state index < -0.39 is 10.2 Å². The maximum Gasteiger partial charge on any atom is 0.270 e. The molecule has 1 aromatic heterocycles. The van der Waals surface area contributed by atoms with Gasteiger partial charge < -0.3 is 15.4 Å². The molecule has 1 unspecified atom stereocenters. The fourth-order valence-corrected chi connectivity index (χ4v) is 4.95. The monoisotopic (exact) mass is 534 g/mol. The van der Waals surface area contributed by atoms with E-state index in [4.69, 9.17) is 4.74 Å². The van der Waals surface area contributed by atoms with Gasteiger partial charge in [0.1, 0.15) is 5.75 Å². The number of nitrogens with one attached hydrogen (secondary N) is 2.